The van der Waals surface area contributed by atoms with Gasteiger partial charge in [0.25, 0.3) is 0 Å². The summed E-state index contributed by atoms with van der Waals surface area (Å²) in [5, 5.41) is 0. The Morgan fingerprint density at radius 1 is 1.00 bits per heavy atom. The molecule has 0 saturated carbocycles. The fraction of sp³-hybridized carbons (Fsp3) is 0.500. The van der Waals surface area contributed by atoms with E-state index in [-0.39, 0.29) is 0 Å². The average Bonchev–Trinajstić information content (AvgIpc) is 2.18. The summed E-state index contributed by atoms with van der Waals surface area (Å²) in [6.45, 7) is 2.52. The van der Waals surface area contributed by atoms with Gasteiger partial charge in [-0.25, -0.2) is 19.2 Å². The van der Waals surface area contributed by atoms with E-state index in [0.717, 1.165) is 12.2 Å². The number of carbonyl (C=O) groups excluding carboxylic acids is 4. The lowest BCUT2D eigenvalue weighted by molar-refractivity contribution is -0.160. The molecule has 0 aromatic carbocycles. The van der Waals surface area contributed by atoms with E-state index < -0.39 is 24.0 Å². The van der Waals surface area contributed by atoms with Crippen LogP contribution in [0.4, 0.5) is 0 Å². The molecule has 7 heteroatoms. The molecule has 0 aliphatic rings. The first-order valence-electron chi connectivity index (χ1n) is 3.92. The Bertz CT molecular complexity index is 318. The predicted molar refractivity (Wildman–Crippen MR) is 46.3 cm³/mol. The van der Waals surface area contributed by atoms with Crippen molar-refractivity contribution in [3.8, 4) is 0 Å². The van der Waals surface area contributed by atoms with Crippen LogP contribution >= 0.6 is 0 Å². The molecule has 0 aliphatic heterocycles. The molecule has 15 heavy (non-hydrogen) atoms. The van der Waals surface area contributed by atoms with E-state index in [4.69, 9.17) is 0 Å². The molecule has 2 atom stereocenters. The summed E-state index contributed by atoms with van der Waals surface area (Å²) in [5.41, 5.74) is 0. The van der Waals surface area contributed by atoms with Crippen molar-refractivity contribution in [2.45, 2.75) is 25.9 Å². The molecule has 0 amide bonds. The van der Waals surface area contributed by atoms with Crippen LogP contribution in [-0.4, -0.2) is 36.2 Å². The van der Waals surface area contributed by atoms with Gasteiger partial charge in [0.05, 0.1) is 0 Å². The fourth-order valence-electron chi connectivity index (χ4n) is 0.533. The van der Waals surface area contributed by atoms with Gasteiger partial charge in [-0.2, -0.15) is 9.98 Å². The van der Waals surface area contributed by atoms with Crippen LogP contribution in [-0.2, 0) is 23.9 Å². The van der Waals surface area contributed by atoms with Crippen LogP contribution in [0.3, 0.4) is 0 Å². The van der Waals surface area contributed by atoms with Crippen LogP contribution in [0.15, 0.2) is 9.98 Å². The van der Waals surface area contributed by atoms with Gasteiger partial charge in [-0.3, -0.25) is 0 Å². The van der Waals surface area contributed by atoms with E-state index in [1.54, 1.807) is 0 Å². The molecule has 0 aromatic heterocycles. The maximum atomic E-state index is 11.0. The van der Waals surface area contributed by atoms with E-state index >= 15 is 0 Å². The van der Waals surface area contributed by atoms with Crippen LogP contribution in [0, 0.1) is 0 Å². The number of esters is 2. The van der Waals surface area contributed by atoms with Crippen molar-refractivity contribution < 1.29 is 23.9 Å². The first kappa shape index (κ1) is 12.9. The molecule has 0 fully saturated rings. The summed E-state index contributed by atoms with van der Waals surface area (Å²) in [5.74, 6) is -2.01. The Kier molecular flexibility index (Phi) is 5.48. The summed E-state index contributed by atoms with van der Waals surface area (Å²) >= 11 is 0. The summed E-state index contributed by atoms with van der Waals surface area (Å²) in [7, 11) is 0. The number of isocyanates is 2. The molecule has 0 saturated heterocycles. The number of ether oxygens (including phenoxy) is 1. The lowest BCUT2D eigenvalue weighted by atomic mass is 10.3. The molecule has 0 radical (unpaired) electrons. The quantitative estimate of drug-likeness (QED) is 0.270. The molecule has 0 unspecified atom stereocenters. The fourth-order valence-corrected chi connectivity index (χ4v) is 0.533. The summed E-state index contributed by atoms with van der Waals surface area (Å²) in [4.78, 5) is 47.7. The highest BCUT2D eigenvalue weighted by Gasteiger charge is 2.21. The molecular weight excluding hydrogens is 204 g/mol. The summed E-state index contributed by atoms with van der Waals surface area (Å²) in [6.07, 6.45) is 2.31. The molecule has 0 rings (SSSR count). The van der Waals surface area contributed by atoms with Gasteiger partial charge >= 0.3 is 11.9 Å². The Hall–Kier alpha value is -2.10. The number of hydrogen-bond donors (Lipinski definition) is 0. The minimum Gasteiger partial charge on any atom is -0.390 e. The third-order valence-corrected chi connectivity index (χ3v) is 1.38. The van der Waals surface area contributed by atoms with Crippen molar-refractivity contribution in [2.24, 2.45) is 9.98 Å². The Balaban J connectivity index is 4.35. The smallest absolute Gasteiger partial charge is 0.339 e. The number of hydrogen-bond acceptors (Lipinski definition) is 7. The number of aliphatic imine (C=N–C) groups is 2. The van der Waals surface area contributed by atoms with Gasteiger partial charge in [0.2, 0.25) is 12.2 Å². The maximum Gasteiger partial charge on any atom is 0.339 e. The molecule has 0 heterocycles. The summed E-state index contributed by atoms with van der Waals surface area (Å²) in [6, 6.07) is -2.22. The molecular formula is C8H8N2O5. The zero-order valence-corrected chi connectivity index (χ0v) is 8.09. The standard InChI is InChI=1S/C8H8N2O5/c1-5(9-3-11)7(13)15-8(14)6(2)10-4-12/h5-6H,1-2H3/t5-,6-/m1/s1. The van der Waals surface area contributed by atoms with Crippen LogP contribution in [0.1, 0.15) is 13.8 Å². The van der Waals surface area contributed by atoms with E-state index in [1.807, 2.05) is 0 Å². The lowest BCUT2D eigenvalue weighted by Gasteiger charge is -2.05. The monoisotopic (exact) mass is 212 g/mol. The van der Waals surface area contributed by atoms with Crippen LogP contribution < -0.4 is 0 Å². The minimum absolute atomic E-state index is 1.00. The molecule has 0 spiro atoms. The predicted octanol–water partition coefficient (Wildman–Crippen LogP) is -0.495. The normalized spacial score (nSPS) is 12.7. The third-order valence-electron chi connectivity index (χ3n) is 1.38. The van der Waals surface area contributed by atoms with Gasteiger partial charge in [-0.15, -0.1) is 0 Å². The second-order valence-electron chi connectivity index (χ2n) is 2.53. The number of carbonyl (C=O) groups is 2. The largest absolute Gasteiger partial charge is 0.390 e. The Morgan fingerprint density at radius 3 is 1.60 bits per heavy atom. The van der Waals surface area contributed by atoms with Gasteiger partial charge in [-0.1, -0.05) is 0 Å². The van der Waals surface area contributed by atoms with Crippen molar-refractivity contribution in [1.29, 1.82) is 0 Å². The van der Waals surface area contributed by atoms with Crippen LogP contribution in [0.25, 0.3) is 0 Å². The van der Waals surface area contributed by atoms with Crippen molar-refractivity contribution >= 4 is 24.1 Å². The van der Waals surface area contributed by atoms with Gasteiger partial charge in [0.1, 0.15) is 0 Å². The topological polar surface area (TPSA) is 102 Å². The molecule has 0 aliphatic carbocycles. The first-order valence-corrected chi connectivity index (χ1v) is 3.92. The number of nitrogens with zero attached hydrogens (tertiary/aromatic N) is 2. The highest BCUT2D eigenvalue weighted by molar-refractivity contribution is 5.91. The zero-order chi connectivity index (χ0) is 11.8. The summed E-state index contributed by atoms with van der Waals surface area (Å²) < 4.78 is 4.26. The first-order chi connectivity index (χ1) is 7.02. The second-order valence-corrected chi connectivity index (χ2v) is 2.53. The molecule has 7 nitrogen and oxygen atoms in total. The minimum atomic E-state index is -1.11. The van der Waals surface area contributed by atoms with Gasteiger partial charge in [0.15, 0.2) is 12.1 Å². The van der Waals surface area contributed by atoms with E-state index in [1.165, 1.54) is 13.8 Å². The Morgan fingerprint density at radius 2 is 1.33 bits per heavy atom. The third kappa shape index (κ3) is 4.61. The molecule has 0 bridgehead atoms. The van der Waals surface area contributed by atoms with Crippen molar-refractivity contribution in [3.63, 3.8) is 0 Å². The maximum absolute atomic E-state index is 11.0. The highest BCUT2D eigenvalue weighted by Crippen LogP contribution is 1.98. The number of rotatable bonds is 4. The van der Waals surface area contributed by atoms with E-state index in [0.29, 0.717) is 0 Å². The SMILES string of the molecule is C[C@@H](N=C=O)C(=O)OC(=O)[C@@H](C)N=C=O. The van der Waals surface area contributed by atoms with Gasteiger partial charge in [0, 0.05) is 0 Å². The molecule has 80 valence electrons. The van der Waals surface area contributed by atoms with Gasteiger partial charge in [-0.05, 0) is 13.8 Å². The van der Waals surface area contributed by atoms with Gasteiger partial charge < -0.3 is 4.74 Å². The van der Waals surface area contributed by atoms with E-state index in [9.17, 15) is 19.2 Å². The van der Waals surface area contributed by atoms with Crippen molar-refractivity contribution in [1.82, 2.24) is 0 Å². The molecule has 0 N–H and O–H groups in total. The zero-order valence-electron chi connectivity index (χ0n) is 8.09. The van der Waals surface area contributed by atoms with Crippen molar-refractivity contribution in [2.75, 3.05) is 0 Å². The van der Waals surface area contributed by atoms with Crippen LogP contribution in [0.5, 0.6) is 0 Å². The lowest BCUT2D eigenvalue weighted by Crippen LogP contribution is -2.27. The average molecular weight is 212 g/mol. The second kappa shape index (κ2) is 6.37. The van der Waals surface area contributed by atoms with Crippen LogP contribution in [0.2, 0.25) is 0 Å². The van der Waals surface area contributed by atoms with E-state index in [2.05, 4.69) is 14.7 Å². The highest BCUT2D eigenvalue weighted by atomic mass is 16.6. The molecule has 0 aromatic rings. The van der Waals surface area contributed by atoms with Crippen molar-refractivity contribution in [3.05, 3.63) is 0 Å². The Labute approximate surface area is 84.8 Å².